The van der Waals surface area contributed by atoms with Gasteiger partial charge < -0.3 is 47.4 Å². The van der Waals surface area contributed by atoms with E-state index in [-0.39, 0.29) is 108 Å². The van der Waals surface area contributed by atoms with Gasteiger partial charge in [0.25, 0.3) is 0 Å². The lowest BCUT2D eigenvalue weighted by atomic mass is 10.1. The first-order chi connectivity index (χ1) is 33.8. The van der Waals surface area contributed by atoms with E-state index >= 15 is 0 Å². The van der Waals surface area contributed by atoms with E-state index in [9.17, 15) is 47.9 Å². The Bertz CT molecular complexity index is 2490. The zero-order chi connectivity index (χ0) is 50.4. The minimum absolute atomic E-state index is 0.0894. The fourth-order valence-electron chi connectivity index (χ4n) is 5.69. The predicted octanol–water partition coefficient (Wildman–Crippen LogP) is 5.32. The molecule has 0 saturated carbocycles. The summed E-state index contributed by atoms with van der Waals surface area (Å²) in [5, 5.41) is 0. The van der Waals surface area contributed by atoms with E-state index in [1.807, 2.05) is 0 Å². The average Bonchev–Trinajstić information content (AvgIpc) is 3.40. The van der Waals surface area contributed by atoms with E-state index in [0.29, 0.717) is 0 Å². The summed E-state index contributed by atoms with van der Waals surface area (Å²) in [5.74, 6) is -6.98. The normalized spacial score (nSPS) is 10.3. The molecule has 0 saturated heterocycles. The maximum Gasteiger partial charge on any atom is 0.338 e. The second-order valence-electron chi connectivity index (χ2n) is 14.0. The fourth-order valence-corrected chi connectivity index (χ4v) is 5.69. The Kier molecular flexibility index (Phi) is 19.4. The lowest BCUT2D eigenvalue weighted by Gasteiger charge is -2.09. The van der Waals surface area contributed by atoms with Crippen LogP contribution < -0.4 is 0 Å². The highest BCUT2D eigenvalue weighted by Crippen LogP contribution is 2.13. The molecule has 0 amide bonds. The Morgan fingerprint density at radius 3 is 0.414 bits per heavy atom. The number of esters is 10. The summed E-state index contributed by atoms with van der Waals surface area (Å²) in [4.78, 5) is 122. The number of hydrogen-bond acceptors (Lipinski definition) is 20. The topological polar surface area (TPSA) is 263 Å². The number of hydrogen-bond donors (Lipinski definition) is 0. The van der Waals surface area contributed by atoms with Crippen molar-refractivity contribution in [2.75, 3.05) is 67.1 Å². The van der Waals surface area contributed by atoms with Gasteiger partial charge in [0.1, 0.15) is 52.9 Å². The molecule has 5 rings (SSSR count). The van der Waals surface area contributed by atoms with Crippen molar-refractivity contribution in [2.24, 2.45) is 0 Å². The molecule has 20 heteroatoms. The van der Waals surface area contributed by atoms with Crippen LogP contribution in [-0.4, -0.2) is 127 Å². The smallest absolute Gasteiger partial charge is 0.338 e. The zero-order valence-corrected chi connectivity index (χ0v) is 37.4. The molecule has 70 heavy (non-hydrogen) atoms. The van der Waals surface area contributed by atoms with Crippen LogP contribution in [0.15, 0.2) is 121 Å². The number of carbonyl (C=O) groups is 10. The fraction of sp³-hybridized carbons (Fsp3) is 0.200. The van der Waals surface area contributed by atoms with Crippen LogP contribution in [0.1, 0.15) is 104 Å². The molecule has 0 aliphatic carbocycles. The highest BCUT2D eigenvalue weighted by atomic mass is 16.6. The van der Waals surface area contributed by atoms with Crippen molar-refractivity contribution < 1.29 is 95.3 Å². The van der Waals surface area contributed by atoms with Gasteiger partial charge in [0, 0.05) is 0 Å². The molecular formula is C50H42O20. The van der Waals surface area contributed by atoms with Crippen LogP contribution >= 0.6 is 0 Å². The summed E-state index contributed by atoms with van der Waals surface area (Å²) in [6.45, 7) is -2.13. The van der Waals surface area contributed by atoms with E-state index in [2.05, 4.69) is 9.47 Å². The van der Waals surface area contributed by atoms with E-state index < -0.39 is 59.7 Å². The molecule has 0 spiro atoms. The van der Waals surface area contributed by atoms with Gasteiger partial charge in [-0.2, -0.15) is 0 Å². The molecule has 0 aliphatic rings. The first kappa shape index (κ1) is 51.8. The van der Waals surface area contributed by atoms with Gasteiger partial charge in [-0.25, -0.2) is 47.9 Å². The highest BCUT2D eigenvalue weighted by Gasteiger charge is 2.17. The molecule has 0 aliphatic heterocycles. The molecule has 0 atom stereocenters. The van der Waals surface area contributed by atoms with Crippen molar-refractivity contribution in [1.29, 1.82) is 0 Å². The van der Waals surface area contributed by atoms with Crippen molar-refractivity contribution >= 4 is 59.7 Å². The Morgan fingerprint density at radius 2 is 0.314 bits per heavy atom. The third-order valence-corrected chi connectivity index (χ3v) is 9.35. The van der Waals surface area contributed by atoms with Crippen molar-refractivity contribution in [3.63, 3.8) is 0 Å². The van der Waals surface area contributed by atoms with Gasteiger partial charge in [-0.3, -0.25) is 0 Å². The van der Waals surface area contributed by atoms with E-state index in [4.69, 9.17) is 37.9 Å². The third-order valence-electron chi connectivity index (χ3n) is 9.35. The summed E-state index contributed by atoms with van der Waals surface area (Å²) >= 11 is 0. The van der Waals surface area contributed by atoms with E-state index in [0.717, 1.165) is 0 Å². The first-order valence-electron chi connectivity index (χ1n) is 20.8. The molecule has 0 bridgehead atoms. The molecule has 5 aromatic carbocycles. The molecular weight excluding hydrogens is 921 g/mol. The standard InChI is InChI=1S/C50H42O20/c1-61-41(51)31-3-7-33(8-4-31)43(53)63-23-25-65-45(55)35-11-15-37(16-12-35)47(57)67-27-29-69-49(59)39-19-21-40(22-20-39)50(60)70-30-28-68-48(58)38-17-13-36(14-18-38)46(56)66-26-24-64-44(54)34-9-5-32(6-10-34)42(52)62-2/h3-22H,23-30H2,1-2H3. The molecule has 20 nitrogen and oxygen atoms in total. The number of rotatable bonds is 22. The molecule has 0 aromatic heterocycles. The van der Waals surface area contributed by atoms with Crippen molar-refractivity contribution in [2.45, 2.75) is 0 Å². The minimum Gasteiger partial charge on any atom is -0.465 e. The summed E-state index contributed by atoms with van der Waals surface area (Å²) in [6.07, 6.45) is 0. The van der Waals surface area contributed by atoms with Gasteiger partial charge in [-0.1, -0.05) is 0 Å². The van der Waals surface area contributed by atoms with Crippen LogP contribution in [-0.2, 0) is 47.4 Å². The zero-order valence-electron chi connectivity index (χ0n) is 37.4. The van der Waals surface area contributed by atoms with Gasteiger partial charge in [0.05, 0.1) is 69.9 Å². The van der Waals surface area contributed by atoms with Crippen molar-refractivity contribution in [3.8, 4) is 0 Å². The van der Waals surface area contributed by atoms with E-state index in [1.165, 1.54) is 136 Å². The number of methoxy groups -OCH3 is 2. The lowest BCUT2D eigenvalue weighted by Crippen LogP contribution is -2.16. The lowest BCUT2D eigenvalue weighted by molar-refractivity contribution is 0.0261. The molecule has 0 radical (unpaired) electrons. The Balaban J connectivity index is 0.912. The number of benzene rings is 5. The Morgan fingerprint density at radius 1 is 0.214 bits per heavy atom. The second-order valence-corrected chi connectivity index (χ2v) is 14.0. The largest absolute Gasteiger partial charge is 0.465 e. The molecule has 0 unspecified atom stereocenters. The number of ether oxygens (including phenoxy) is 10. The van der Waals surface area contributed by atoms with Crippen LogP contribution in [0.2, 0.25) is 0 Å². The summed E-state index contributed by atoms with van der Waals surface area (Å²) < 4.78 is 50.1. The maximum atomic E-state index is 12.5. The van der Waals surface area contributed by atoms with Crippen LogP contribution in [0.25, 0.3) is 0 Å². The third kappa shape index (κ3) is 15.4. The van der Waals surface area contributed by atoms with Gasteiger partial charge >= 0.3 is 59.7 Å². The van der Waals surface area contributed by atoms with Crippen LogP contribution in [0, 0.1) is 0 Å². The van der Waals surface area contributed by atoms with Crippen LogP contribution in [0.4, 0.5) is 0 Å². The first-order valence-corrected chi connectivity index (χ1v) is 20.8. The monoisotopic (exact) mass is 962 g/mol. The van der Waals surface area contributed by atoms with Gasteiger partial charge in [-0.05, 0) is 121 Å². The van der Waals surface area contributed by atoms with E-state index in [1.54, 1.807) is 0 Å². The van der Waals surface area contributed by atoms with Crippen LogP contribution in [0.3, 0.4) is 0 Å². The molecule has 362 valence electrons. The Hall–Kier alpha value is -9.20. The second kappa shape index (κ2) is 26.2. The van der Waals surface area contributed by atoms with Crippen molar-refractivity contribution in [1.82, 2.24) is 0 Å². The average molecular weight is 963 g/mol. The predicted molar refractivity (Wildman–Crippen MR) is 237 cm³/mol. The summed E-state index contributed by atoms with van der Waals surface area (Å²) in [5.41, 5.74) is 1.50. The van der Waals surface area contributed by atoms with Crippen molar-refractivity contribution in [3.05, 3.63) is 177 Å². The SMILES string of the molecule is COC(=O)c1ccc(C(=O)OCCOC(=O)c2ccc(C(=O)OCCOC(=O)c3ccc(C(=O)OCCOC(=O)c4ccc(C(=O)OCCOC(=O)c5ccc(C(=O)OC)cc5)cc4)cc3)cc2)cc1. The molecule has 5 aromatic rings. The Labute approximate surface area is 398 Å². The number of carbonyl (C=O) groups excluding carboxylic acids is 10. The van der Waals surface area contributed by atoms with Gasteiger partial charge in [-0.15, -0.1) is 0 Å². The summed E-state index contributed by atoms with van der Waals surface area (Å²) in [7, 11) is 2.47. The van der Waals surface area contributed by atoms with Crippen LogP contribution in [0.5, 0.6) is 0 Å². The van der Waals surface area contributed by atoms with Gasteiger partial charge in [0.2, 0.25) is 0 Å². The highest BCUT2D eigenvalue weighted by molar-refractivity contribution is 5.97. The minimum atomic E-state index is -0.763. The summed E-state index contributed by atoms with van der Waals surface area (Å²) in [6, 6.07) is 27.2. The quantitative estimate of drug-likeness (QED) is 0.0483. The molecule has 0 heterocycles. The molecule has 0 fully saturated rings. The molecule has 0 N–H and O–H groups in total. The van der Waals surface area contributed by atoms with Gasteiger partial charge in [0.15, 0.2) is 0 Å². The maximum absolute atomic E-state index is 12.5.